The van der Waals surface area contributed by atoms with Crippen LogP contribution in [-0.4, -0.2) is 0 Å². The number of rotatable bonds is 3. The molecular weight excluding hydrogens is 276 g/mol. The summed E-state index contributed by atoms with van der Waals surface area (Å²) in [7, 11) is 0. The van der Waals surface area contributed by atoms with Gasteiger partial charge in [-0.3, -0.25) is 0 Å². The van der Waals surface area contributed by atoms with Crippen LogP contribution in [-0.2, 0) is 17.3 Å². The molecule has 2 aromatic carbocycles. The van der Waals surface area contributed by atoms with Gasteiger partial charge in [-0.25, -0.2) is 0 Å². The lowest BCUT2D eigenvalue weighted by Gasteiger charge is -2.26. The molecule has 0 aromatic heterocycles. The molecular formula is C23H32. The van der Waals surface area contributed by atoms with Gasteiger partial charge in [0.1, 0.15) is 0 Å². The number of hydrogen-bond donors (Lipinski definition) is 0. The Morgan fingerprint density at radius 1 is 0.739 bits per heavy atom. The second-order valence-corrected chi connectivity index (χ2v) is 8.89. The molecule has 2 rings (SSSR count). The highest BCUT2D eigenvalue weighted by Crippen LogP contribution is 2.32. The van der Waals surface area contributed by atoms with Crippen molar-refractivity contribution < 1.29 is 0 Å². The minimum Gasteiger partial charge on any atom is -0.0620 e. The van der Waals surface area contributed by atoms with Gasteiger partial charge in [0.25, 0.3) is 0 Å². The molecule has 0 spiro atoms. The molecule has 0 aliphatic rings. The van der Waals surface area contributed by atoms with Gasteiger partial charge < -0.3 is 0 Å². The molecule has 0 fully saturated rings. The van der Waals surface area contributed by atoms with Crippen molar-refractivity contribution in [1.82, 2.24) is 0 Å². The minimum absolute atomic E-state index is 0.195. The van der Waals surface area contributed by atoms with E-state index in [0.717, 1.165) is 6.42 Å². The van der Waals surface area contributed by atoms with Gasteiger partial charge in [-0.1, -0.05) is 97.0 Å². The van der Waals surface area contributed by atoms with Gasteiger partial charge in [-0.2, -0.15) is 0 Å². The van der Waals surface area contributed by atoms with Crippen LogP contribution in [0.5, 0.6) is 0 Å². The van der Waals surface area contributed by atoms with E-state index in [1.165, 1.54) is 22.3 Å². The van der Waals surface area contributed by atoms with Crippen LogP contribution in [0.2, 0.25) is 0 Å². The van der Waals surface area contributed by atoms with Gasteiger partial charge in [-0.15, -0.1) is 0 Å². The molecule has 0 heterocycles. The van der Waals surface area contributed by atoms with Gasteiger partial charge in [0.2, 0.25) is 0 Å². The summed E-state index contributed by atoms with van der Waals surface area (Å²) in [5, 5.41) is 0. The molecule has 1 unspecified atom stereocenters. The molecule has 0 bridgehead atoms. The van der Waals surface area contributed by atoms with E-state index in [0.29, 0.717) is 5.92 Å². The van der Waals surface area contributed by atoms with Crippen molar-refractivity contribution in [3.8, 4) is 0 Å². The Kier molecular flexibility index (Phi) is 5.04. The van der Waals surface area contributed by atoms with Crippen LogP contribution >= 0.6 is 0 Å². The summed E-state index contributed by atoms with van der Waals surface area (Å²) in [6.07, 6.45) is 1.09. The van der Waals surface area contributed by atoms with Crippen molar-refractivity contribution in [2.45, 2.75) is 71.6 Å². The van der Waals surface area contributed by atoms with E-state index in [-0.39, 0.29) is 10.8 Å². The topological polar surface area (TPSA) is 0 Å². The van der Waals surface area contributed by atoms with E-state index in [1.807, 2.05) is 0 Å². The Balaban J connectivity index is 2.22. The van der Waals surface area contributed by atoms with Crippen LogP contribution < -0.4 is 0 Å². The van der Waals surface area contributed by atoms with Gasteiger partial charge in [0, 0.05) is 0 Å². The van der Waals surface area contributed by atoms with Crippen molar-refractivity contribution in [3.63, 3.8) is 0 Å². The van der Waals surface area contributed by atoms with Crippen LogP contribution in [0, 0.1) is 0 Å². The molecule has 0 saturated carbocycles. The predicted molar refractivity (Wildman–Crippen MR) is 102 cm³/mol. The van der Waals surface area contributed by atoms with Crippen molar-refractivity contribution in [1.29, 1.82) is 0 Å². The molecule has 1 atom stereocenters. The quantitative estimate of drug-likeness (QED) is 0.597. The van der Waals surface area contributed by atoms with Crippen LogP contribution in [0.3, 0.4) is 0 Å². The maximum absolute atomic E-state index is 2.35. The molecule has 0 saturated heterocycles. The predicted octanol–water partition coefficient (Wildman–Crippen LogP) is 6.63. The first kappa shape index (κ1) is 17.8. The summed E-state index contributed by atoms with van der Waals surface area (Å²) in [4.78, 5) is 0. The lowest BCUT2D eigenvalue weighted by Crippen LogP contribution is -2.16. The van der Waals surface area contributed by atoms with E-state index < -0.39 is 0 Å². The highest BCUT2D eigenvalue weighted by molar-refractivity contribution is 5.37. The largest absolute Gasteiger partial charge is 0.0620 e. The monoisotopic (exact) mass is 308 g/mol. The number of hydrogen-bond acceptors (Lipinski definition) is 0. The van der Waals surface area contributed by atoms with Crippen molar-refractivity contribution >= 4 is 0 Å². The van der Waals surface area contributed by atoms with Crippen molar-refractivity contribution in [3.05, 3.63) is 70.8 Å². The fourth-order valence-corrected chi connectivity index (χ4v) is 3.21. The normalized spacial score (nSPS) is 13.9. The Morgan fingerprint density at radius 3 is 1.83 bits per heavy atom. The standard InChI is InChI=1S/C23H32/c1-17(20-10-8-9-11-21(20)23(5,6)7)16-18-12-14-19(15-13-18)22(2,3)4/h8-15,17H,16H2,1-7H3. The van der Waals surface area contributed by atoms with Crippen molar-refractivity contribution in [2.75, 3.05) is 0 Å². The third-order valence-electron chi connectivity index (χ3n) is 4.66. The summed E-state index contributed by atoms with van der Waals surface area (Å²) in [5.74, 6) is 0.533. The molecule has 0 aliphatic carbocycles. The lowest BCUT2D eigenvalue weighted by atomic mass is 9.79. The van der Waals surface area contributed by atoms with E-state index in [1.54, 1.807) is 0 Å². The maximum Gasteiger partial charge on any atom is -0.0129 e. The van der Waals surface area contributed by atoms with E-state index in [2.05, 4.69) is 97.0 Å². The summed E-state index contributed by atoms with van der Waals surface area (Å²) in [6.45, 7) is 16.1. The fraction of sp³-hybridized carbons (Fsp3) is 0.478. The van der Waals surface area contributed by atoms with Crippen LogP contribution in [0.25, 0.3) is 0 Å². The van der Waals surface area contributed by atoms with E-state index >= 15 is 0 Å². The fourth-order valence-electron chi connectivity index (χ4n) is 3.21. The van der Waals surface area contributed by atoms with Gasteiger partial charge in [-0.05, 0) is 45.4 Å². The average molecular weight is 309 g/mol. The molecule has 0 aliphatic heterocycles. The summed E-state index contributed by atoms with van der Waals surface area (Å²) < 4.78 is 0. The van der Waals surface area contributed by atoms with Crippen LogP contribution in [0.1, 0.15) is 76.6 Å². The first-order valence-electron chi connectivity index (χ1n) is 8.78. The zero-order chi connectivity index (χ0) is 17.3. The first-order valence-corrected chi connectivity index (χ1v) is 8.78. The summed E-state index contributed by atoms with van der Waals surface area (Å²) in [5.41, 5.74) is 6.21. The van der Waals surface area contributed by atoms with E-state index in [9.17, 15) is 0 Å². The van der Waals surface area contributed by atoms with Gasteiger partial charge >= 0.3 is 0 Å². The smallest absolute Gasteiger partial charge is 0.0129 e. The Morgan fingerprint density at radius 2 is 1.30 bits per heavy atom. The second kappa shape index (κ2) is 6.51. The molecule has 0 nitrogen and oxygen atoms in total. The molecule has 2 aromatic rings. The highest BCUT2D eigenvalue weighted by Gasteiger charge is 2.20. The minimum atomic E-state index is 0.195. The maximum atomic E-state index is 2.35. The summed E-state index contributed by atoms with van der Waals surface area (Å²) >= 11 is 0. The van der Waals surface area contributed by atoms with Gasteiger partial charge in [0.05, 0.1) is 0 Å². The molecule has 0 amide bonds. The molecule has 0 heteroatoms. The highest BCUT2D eigenvalue weighted by atomic mass is 14.2. The Bertz CT molecular complexity index is 633. The van der Waals surface area contributed by atoms with Crippen LogP contribution in [0.15, 0.2) is 48.5 Å². The Labute approximate surface area is 143 Å². The molecule has 23 heavy (non-hydrogen) atoms. The zero-order valence-electron chi connectivity index (χ0n) is 15.9. The SMILES string of the molecule is CC(Cc1ccc(C(C)(C)C)cc1)c1ccccc1C(C)(C)C. The molecule has 124 valence electrons. The lowest BCUT2D eigenvalue weighted by molar-refractivity contribution is 0.572. The third-order valence-corrected chi connectivity index (χ3v) is 4.66. The number of benzene rings is 2. The first-order chi connectivity index (χ1) is 10.6. The Hall–Kier alpha value is -1.56. The third kappa shape index (κ3) is 4.47. The second-order valence-electron chi connectivity index (χ2n) is 8.89. The zero-order valence-corrected chi connectivity index (χ0v) is 15.9. The van der Waals surface area contributed by atoms with Crippen LogP contribution in [0.4, 0.5) is 0 Å². The van der Waals surface area contributed by atoms with Gasteiger partial charge in [0.15, 0.2) is 0 Å². The average Bonchev–Trinajstić information content (AvgIpc) is 2.46. The molecule has 0 radical (unpaired) electrons. The molecule has 0 N–H and O–H groups in total. The van der Waals surface area contributed by atoms with Crippen molar-refractivity contribution in [2.24, 2.45) is 0 Å². The summed E-state index contributed by atoms with van der Waals surface area (Å²) in [6, 6.07) is 18.1. The van der Waals surface area contributed by atoms with E-state index in [4.69, 9.17) is 0 Å².